The molecular formula is C10H10ClN3O2S2. The van der Waals surface area contributed by atoms with Crippen molar-refractivity contribution >= 4 is 38.6 Å². The minimum atomic E-state index is -3.64. The molecule has 2 rings (SSSR count). The minimum Gasteiger partial charge on any atom is -0.380 e. The van der Waals surface area contributed by atoms with E-state index in [4.69, 9.17) is 16.7 Å². The molecule has 18 heavy (non-hydrogen) atoms. The molecule has 0 saturated heterocycles. The Labute approximate surface area is 114 Å². The van der Waals surface area contributed by atoms with Crippen molar-refractivity contribution in [1.29, 1.82) is 0 Å². The lowest BCUT2D eigenvalue weighted by molar-refractivity contribution is 0.598. The average molecular weight is 304 g/mol. The number of nitrogens with one attached hydrogen (secondary N) is 1. The van der Waals surface area contributed by atoms with Crippen LogP contribution in [0.25, 0.3) is 0 Å². The molecule has 0 amide bonds. The molecule has 0 aliphatic heterocycles. The fourth-order valence-electron chi connectivity index (χ4n) is 1.32. The number of sulfonamides is 1. The highest BCUT2D eigenvalue weighted by molar-refractivity contribution is 7.89. The molecular weight excluding hydrogens is 294 g/mol. The molecule has 3 N–H and O–H groups in total. The Bertz CT molecular complexity index is 637. The van der Waals surface area contributed by atoms with Gasteiger partial charge in [-0.2, -0.15) is 0 Å². The van der Waals surface area contributed by atoms with Gasteiger partial charge >= 0.3 is 0 Å². The molecule has 5 nitrogen and oxygen atoms in total. The van der Waals surface area contributed by atoms with Crippen molar-refractivity contribution in [3.63, 3.8) is 0 Å². The van der Waals surface area contributed by atoms with Crippen LogP contribution in [0.4, 0.5) is 5.69 Å². The van der Waals surface area contributed by atoms with E-state index in [-0.39, 0.29) is 4.90 Å². The Morgan fingerprint density at radius 3 is 2.50 bits per heavy atom. The number of rotatable bonds is 4. The van der Waals surface area contributed by atoms with E-state index in [1.165, 1.54) is 23.5 Å². The van der Waals surface area contributed by atoms with Crippen LogP contribution in [0.5, 0.6) is 0 Å². The first-order valence-electron chi connectivity index (χ1n) is 4.92. The third-order valence-electron chi connectivity index (χ3n) is 2.17. The number of nitrogens with two attached hydrogens (primary N) is 1. The van der Waals surface area contributed by atoms with Crippen molar-refractivity contribution in [2.75, 3.05) is 5.32 Å². The molecule has 1 heterocycles. The van der Waals surface area contributed by atoms with Crippen LogP contribution in [0, 0.1) is 0 Å². The molecule has 1 aromatic carbocycles. The molecule has 0 atom stereocenters. The quantitative estimate of drug-likeness (QED) is 0.905. The first-order valence-corrected chi connectivity index (χ1v) is 7.66. The van der Waals surface area contributed by atoms with Crippen LogP contribution < -0.4 is 10.5 Å². The number of nitrogens with zero attached hydrogens (tertiary/aromatic N) is 1. The van der Waals surface area contributed by atoms with Crippen LogP contribution in [-0.4, -0.2) is 13.4 Å². The van der Waals surface area contributed by atoms with Crippen LogP contribution in [0.1, 0.15) is 4.88 Å². The molecule has 0 unspecified atom stereocenters. The predicted octanol–water partition coefficient (Wildman–Crippen LogP) is 2.06. The number of primary sulfonamides is 1. The second-order valence-electron chi connectivity index (χ2n) is 3.50. The van der Waals surface area contributed by atoms with Crippen molar-refractivity contribution in [2.45, 2.75) is 11.4 Å². The fourth-order valence-corrected chi connectivity index (χ4v) is 2.75. The monoisotopic (exact) mass is 303 g/mol. The highest BCUT2D eigenvalue weighted by Gasteiger charge is 2.06. The third-order valence-corrected chi connectivity index (χ3v) is 4.22. The zero-order chi connectivity index (χ0) is 13.2. The standard InChI is InChI=1S/C10H10ClN3O2S2/c11-10-14-6-8(17-10)5-13-7-1-3-9(4-2-7)18(12,15)16/h1-4,6,13H,5H2,(H2,12,15,16). The Morgan fingerprint density at radius 1 is 1.33 bits per heavy atom. The highest BCUT2D eigenvalue weighted by Crippen LogP contribution is 2.19. The van der Waals surface area contributed by atoms with Gasteiger partial charge in [0.1, 0.15) is 0 Å². The van der Waals surface area contributed by atoms with Gasteiger partial charge in [0.2, 0.25) is 10.0 Å². The molecule has 0 bridgehead atoms. The Morgan fingerprint density at radius 2 is 2.00 bits per heavy atom. The molecule has 0 radical (unpaired) electrons. The number of thiazole rings is 1. The van der Waals surface area contributed by atoms with Crippen molar-refractivity contribution < 1.29 is 8.42 Å². The topological polar surface area (TPSA) is 85.1 Å². The van der Waals surface area contributed by atoms with Gasteiger partial charge in [-0.05, 0) is 24.3 Å². The SMILES string of the molecule is NS(=O)(=O)c1ccc(NCc2cnc(Cl)s2)cc1. The molecule has 0 aliphatic carbocycles. The summed E-state index contributed by atoms with van der Waals surface area (Å²) in [5.74, 6) is 0. The van der Waals surface area contributed by atoms with Gasteiger partial charge in [0, 0.05) is 16.8 Å². The third kappa shape index (κ3) is 3.42. The molecule has 96 valence electrons. The average Bonchev–Trinajstić information content (AvgIpc) is 2.72. The Kier molecular flexibility index (Phi) is 3.86. The number of hydrogen-bond donors (Lipinski definition) is 2. The van der Waals surface area contributed by atoms with Gasteiger partial charge in [-0.15, -0.1) is 11.3 Å². The zero-order valence-corrected chi connectivity index (χ0v) is 11.5. The smallest absolute Gasteiger partial charge is 0.238 e. The maximum absolute atomic E-state index is 11.1. The van der Waals surface area contributed by atoms with E-state index in [0.717, 1.165) is 10.6 Å². The lowest BCUT2D eigenvalue weighted by Crippen LogP contribution is -2.11. The summed E-state index contributed by atoms with van der Waals surface area (Å²) >= 11 is 7.10. The Hall–Kier alpha value is -1.15. The number of halogens is 1. The highest BCUT2D eigenvalue weighted by atomic mass is 35.5. The lowest BCUT2D eigenvalue weighted by atomic mass is 10.3. The molecule has 8 heteroatoms. The summed E-state index contributed by atoms with van der Waals surface area (Å²) in [6, 6.07) is 6.22. The van der Waals surface area contributed by atoms with Gasteiger partial charge in [0.15, 0.2) is 4.47 Å². The summed E-state index contributed by atoms with van der Waals surface area (Å²) in [5.41, 5.74) is 0.798. The fraction of sp³-hybridized carbons (Fsp3) is 0.100. The van der Waals surface area contributed by atoms with Gasteiger partial charge in [-0.3, -0.25) is 0 Å². The second kappa shape index (κ2) is 5.23. The summed E-state index contributed by atoms with van der Waals surface area (Å²) in [6.07, 6.45) is 1.69. The maximum Gasteiger partial charge on any atom is 0.238 e. The summed E-state index contributed by atoms with van der Waals surface area (Å²) in [7, 11) is -3.64. The van der Waals surface area contributed by atoms with E-state index in [2.05, 4.69) is 10.3 Å². The van der Waals surface area contributed by atoms with Crippen molar-refractivity contribution in [3.05, 3.63) is 39.8 Å². The van der Waals surface area contributed by atoms with E-state index in [9.17, 15) is 8.42 Å². The van der Waals surface area contributed by atoms with Crippen molar-refractivity contribution in [3.8, 4) is 0 Å². The second-order valence-corrected chi connectivity index (χ2v) is 6.76. The van der Waals surface area contributed by atoms with E-state index in [0.29, 0.717) is 11.0 Å². The number of benzene rings is 1. The number of hydrogen-bond acceptors (Lipinski definition) is 5. The molecule has 2 aromatic rings. The largest absolute Gasteiger partial charge is 0.380 e. The lowest BCUT2D eigenvalue weighted by Gasteiger charge is -2.05. The molecule has 0 saturated carbocycles. The summed E-state index contributed by atoms with van der Waals surface area (Å²) < 4.78 is 22.6. The van der Waals surface area contributed by atoms with Gasteiger partial charge in [-0.25, -0.2) is 18.5 Å². The van der Waals surface area contributed by atoms with Crippen LogP contribution in [0.2, 0.25) is 4.47 Å². The van der Waals surface area contributed by atoms with Crippen LogP contribution >= 0.6 is 22.9 Å². The Balaban J connectivity index is 2.03. The molecule has 0 spiro atoms. The van der Waals surface area contributed by atoms with E-state index in [1.54, 1.807) is 18.3 Å². The van der Waals surface area contributed by atoms with Crippen LogP contribution in [0.3, 0.4) is 0 Å². The first-order chi connectivity index (χ1) is 8.45. The minimum absolute atomic E-state index is 0.0916. The maximum atomic E-state index is 11.1. The molecule has 0 aliphatic rings. The van der Waals surface area contributed by atoms with E-state index in [1.807, 2.05) is 0 Å². The van der Waals surface area contributed by atoms with Crippen LogP contribution in [0.15, 0.2) is 35.4 Å². The van der Waals surface area contributed by atoms with E-state index < -0.39 is 10.0 Å². The zero-order valence-electron chi connectivity index (χ0n) is 9.13. The molecule has 1 aromatic heterocycles. The molecule has 0 fully saturated rings. The van der Waals surface area contributed by atoms with Crippen molar-refractivity contribution in [1.82, 2.24) is 4.98 Å². The normalized spacial score (nSPS) is 11.4. The number of anilines is 1. The first kappa shape index (κ1) is 13.3. The van der Waals surface area contributed by atoms with Gasteiger partial charge in [0.25, 0.3) is 0 Å². The van der Waals surface area contributed by atoms with Gasteiger partial charge in [0.05, 0.1) is 11.4 Å². The van der Waals surface area contributed by atoms with E-state index >= 15 is 0 Å². The van der Waals surface area contributed by atoms with Crippen LogP contribution in [-0.2, 0) is 16.6 Å². The van der Waals surface area contributed by atoms with Gasteiger partial charge in [-0.1, -0.05) is 11.6 Å². The summed E-state index contributed by atoms with van der Waals surface area (Å²) in [5, 5.41) is 8.13. The van der Waals surface area contributed by atoms with Gasteiger partial charge < -0.3 is 5.32 Å². The summed E-state index contributed by atoms with van der Waals surface area (Å²) in [6.45, 7) is 0.582. The van der Waals surface area contributed by atoms with Crippen molar-refractivity contribution in [2.24, 2.45) is 5.14 Å². The number of aromatic nitrogens is 1. The predicted molar refractivity (Wildman–Crippen MR) is 72.3 cm³/mol. The summed E-state index contributed by atoms with van der Waals surface area (Å²) in [4.78, 5) is 5.01.